The van der Waals surface area contributed by atoms with Crippen LogP contribution in [0.1, 0.15) is 29.4 Å². The Kier molecular flexibility index (Phi) is 5.13. The highest BCUT2D eigenvalue weighted by atomic mass is 16.2. The van der Waals surface area contributed by atoms with Gasteiger partial charge in [0.2, 0.25) is 0 Å². The third kappa shape index (κ3) is 4.07. The van der Waals surface area contributed by atoms with Crippen molar-refractivity contribution in [1.29, 1.82) is 0 Å². The van der Waals surface area contributed by atoms with Crippen LogP contribution in [-0.2, 0) is 0 Å². The first-order valence-electron chi connectivity index (χ1n) is 11.1. The number of nitrogens with zero attached hydrogens (tertiary/aromatic N) is 6. The highest BCUT2D eigenvalue weighted by Gasteiger charge is 2.29. The molecule has 1 aliphatic heterocycles. The molecule has 1 unspecified atom stereocenters. The Morgan fingerprint density at radius 3 is 2.80 bits per heavy atom. The average Bonchev–Trinajstić information content (AvgIpc) is 3.55. The van der Waals surface area contributed by atoms with Gasteiger partial charge in [0.05, 0.1) is 11.9 Å². The van der Waals surface area contributed by atoms with Crippen LogP contribution in [0.15, 0.2) is 90.4 Å². The lowest BCUT2D eigenvalue weighted by atomic mass is 10.1. The molecule has 0 aliphatic carbocycles. The molecule has 0 saturated heterocycles. The van der Waals surface area contributed by atoms with Crippen molar-refractivity contribution >= 4 is 34.4 Å². The third-order valence-electron chi connectivity index (χ3n) is 5.76. The van der Waals surface area contributed by atoms with E-state index in [1.807, 2.05) is 72.9 Å². The molecule has 6 rings (SSSR count). The van der Waals surface area contributed by atoms with Crippen LogP contribution in [0.25, 0.3) is 16.4 Å². The minimum Gasteiger partial charge on any atom is -0.306 e. The van der Waals surface area contributed by atoms with Crippen molar-refractivity contribution in [3.8, 4) is 11.8 Å². The van der Waals surface area contributed by atoms with Crippen LogP contribution in [0.4, 0.5) is 10.5 Å². The molecule has 35 heavy (non-hydrogen) atoms. The molecule has 0 bridgehead atoms. The quantitative estimate of drug-likeness (QED) is 0.391. The van der Waals surface area contributed by atoms with Gasteiger partial charge in [0, 0.05) is 41.7 Å². The second-order valence-corrected chi connectivity index (χ2v) is 8.05. The molecular weight excluding hydrogens is 438 g/mol. The largest absolute Gasteiger partial charge is 0.342 e. The van der Waals surface area contributed by atoms with Gasteiger partial charge < -0.3 is 5.32 Å². The van der Waals surface area contributed by atoms with E-state index in [0.717, 1.165) is 27.7 Å². The van der Waals surface area contributed by atoms with E-state index in [0.29, 0.717) is 17.8 Å². The van der Waals surface area contributed by atoms with Crippen molar-refractivity contribution in [3.63, 3.8) is 0 Å². The van der Waals surface area contributed by atoms with Crippen molar-refractivity contribution in [2.45, 2.75) is 12.5 Å². The van der Waals surface area contributed by atoms with Gasteiger partial charge in [-0.3, -0.25) is 4.98 Å². The van der Waals surface area contributed by atoms with Gasteiger partial charge in [-0.05, 0) is 47.7 Å². The topological polar surface area (TPSA) is 87.8 Å². The number of fused-ring (bicyclic) bond motifs is 2. The zero-order valence-corrected chi connectivity index (χ0v) is 18.5. The highest BCUT2D eigenvalue weighted by molar-refractivity contribution is 5.91. The Labute approximate surface area is 200 Å². The molecule has 0 radical (unpaired) electrons. The summed E-state index contributed by atoms with van der Waals surface area (Å²) < 4.78 is 1.69. The van der Waals surface area contributed by atoms with Gasteiger partial charge in [-0.2, -0.15) is 10.2 Å². The molecule has 1 aliphatic rings. The molecule has 5 aromatic rings. The van der Waals surface area contributed by atoms with Crippen LogP contribution >= 0.6 is 0 Å². The third-order valence-corrected chi connectivity index (χ3v) is 5.76. The van der Waals surface area contributed by atoms with Crippen molar-refractivity contribution in [2.75, 3.05) is 5.32 Å². The monoisotopic (exact) mass is 457 g/mol. The molecule has 2 aromatic carbocycles. The summed E-state index contributed by atoms with van der Waals surface area (Å²) in [6.07, 6.45) is 7.57. The summed E-state index contributed by atoms with van der Waals surface area (Å²) in [7, 11) is 0. The first kappa shape index (κ1) is 20.6. The van der Waals surface area contributed by atoms with E-state index in [1.54, 1.807) is 23.1 Å². The van der Waals surface area contributed by atoms with E-state index >= 15 is 0 Å². The standard InChI is InChI=1S/C27H19N7O/c35-27(34-25(12-14-31-34)24-16-20-6-1-2-7-21(20)17-28-24)32-22-8-3-5-19(15-22)10-11-23-18-29-26-9-4-13-30-33(23)26/h1-9,13-18,25H,12H2,(H,32,35). The molecule has 0 spiro atoms. The molecule has 0 saturated carbocycles. The lowest BCUT2D eigenvalue weighted by molar-refractivity contribution is 0.199. The zero-order valence-electron chi connectivity index (χ0n) is 18.5. The van der Waals surface area contributed by atoms with Crippen LogP contribution in [0.5, 0.6) is 0 Å². The van der Waals surface area contributed by atoms with Crippen LogP contribution in [-0.4, -0.2) is 36.8 Å². The van der Waals surface area contributed by atoms with Crippen molar-refractivity contribution in [1.82, 2.24) is 24.6 Å². The number of imidazole rings is 1. The number of anilines is 1. The minimum atomic E-state index is -0.324. The molecular formula is C27H19N7O. The van der Waals surface area contributed by atoms with Gasteiger partial charge >= 0.3 is 6.03 Å². The van der Waals surface area contributed by atoms with Gasteiger partial charge in [-0.15, -0.1) is 0 Å². The highest BCUT2D eigenvalue weighted by Crippen LogP contribution is 2.29. The summed E-state index contributed by atoms with van der Waals surface area (Å²) in [4.78, 5) is 22.0. The normalized spacial score (nSPS) is 14.7. The molecule has 3 aromatic heterocycles. The van der Waals surface area contributed by atoms with E-state index in [1.165, 1.54) is 5.01 Å². The lowest BCUT2D eigenvalue weighted by Gasteiger charge is -2.22. The number of hydrogen-bond acceptors (Lipinski definition) is 5. The molecule has 8 heteroatoms. The van der Waals surface area contributed by atoms with E-state index in [9.17, 15) is 4.79 Å². The molecule has 1 atom stereocenters. The van der Waals surface area contributed by atoms with Crippen molar-refractivity contribution < 1.29 is 4.79 Å². The van der Waals surface area contributed by atoms with Crippen LogP contribution in [0.2, 0.25) is 0 Å². The van der Waals surface area contributed by atoms with Crippen LogP contribution in [0.3, 0.4) is 0 Å². The number of aromatic nitrogens is 4. The van der Waals surface area contributed by atoms with Gasteiger partial charge in [-0.25, -0.2) is 19.3 Å². The molecule has 1 N–H and O–H groups in total. The maximum absolute atomic E-state index is 13.1. The maximum Gasteiger partial charge on any atom is 0.342 e. The van der Waals surface area contributed by atoms with Gasteiger partial charge in [0.15, 0.2) is 5.65 Å². The number of hydrazone groups is 1. The number of benzene rings is 2. The molecule has 4 heterocycles. The fourth-order valence-electron chi connectivity index (χ4n) is 4.04. The van der Waals surface area contributed by atoms with Gasteiger partial charge in [0.25, 0.3) is 0 Å². The summed E-state index contributed by atoms with van der Waals surface area (Å²) in [5, 5.41) is 15.1. The smallest absolute Gasteiger partial charge is 0.306 e. The predicted octanol–water partition coefficient (Wildman–Crippen LogP) is 4.64. The van der Waals surface area contributed by atoms with E-state index in [2.05, 4.69) is 37.3 Å². The maximum atomic E-state index is 13.1. The number of carbonyl (C=O) groups excluding carboxylic acids is 1. The Balaban J connectivity index is 1.20. The fraction of sp³-hybridized carbons (Fsp3) is 0.0741. The average molecular weight is 457 g/mol. The van der Waals surface area contributed by atoms with E-state index < -0.39 is 0 Å². The fourth-order valence-corrected chi connectivity index (χ4v) is 4.04. The van der Waals surface area contributed by atoms with Crippen molar-refractivity contribution in [3.05, 3.63) is 102 Å². The number of rotatable bonds is 2. The van der Waals surface area contributed by atoms with Crippen molar-refractivity contribution in [2.24, 2.45) is 5.10 Å². The number of nitrogens with one attached hydrogen (secondary N) is 1. The van der Waals surface area contributed by atoms with Crippen LogP contribution in [0, 0.1) is 11.8 Å². The van der Waals surface area contributed by atoms with Gasteiger partial charge in [-0.1, -0.05) is 36.3 Å². The summed E-state index contributed by atoms with van der Waals surface area (Å²) in [6.45, 7) is 0. The summed E-state index contributed by atoms with van der Waals surface area (Å²) in [5.74, 6) is 6.21. The number of hydrogen-bond donors (Lipinski definition) is 1. The molecule has 0 fully saturated rings. The SMILES string of the molecule is O=C(Nc1cccc(C#Cc2cnc3cccnn23)c1)N1N=CCC1c1cc2ccccc2cn1. The summed E-state index contributed by atoms with van der Waals surface area (Å²) in [5.41, 5.74) is 3.61. The first-order chi connectivity index (χ1) is 17.2. The second kappa shape index (κ2) is 8.72. The summed E-state index contributed by atoms with van der Waals surface area (Å²) >= 11 is 0. The number of urea groups is 1. The lowest BCUT2D eigenvalue weighted by Crippen LogP contribution is -2.31. The number of carbonyl (C=O) groups is 1. The molecule has 2 amide bonds. The van der Waals surface area contributed by atoms with Gasteiger partial charge in [0.1, 0.15) is 11.7 Å². The predicted molar refractivity (Wildman–Crippen MR) is 134 cm³/mol. The Morgan fingerprint density at radius 2 is 1.86 bits per heavy atom. The first-order valence-corrected chi connectivity index (χ1v) is 11.1. The van der Waals surface area contributed by atoms with Crippen LogP contribution < -0.4 is 5.32 Å². The molecule has 8 nitrogen and oxygen atoms in total. The second-order valence-electron chi connectivity index (χ2n) is 8.05. The molecule has 168 valence electrons. The Morgan fingerprint density at radius 1 is 0.943 bits per heavy atom. The van der Waals surface area contributed by atoms with E-state index in [4.69, 9.17) is 0 Å². The zero-order chi connectivity index (χ0) is 23.6. The van der Waals surface area contributed by atoms with E-state index in [-0.39, 0.29) is 12.1 Å². The number of amides is 2. The number of pyridine rings is 1. The summed E-state index contributed by atoms with van der Waals surface area (Å²) in [6, 6.07) is 20.5. The Hall–Kier alpha value is -5.03. The minimum absolute atomic E-state index is 0.259. The Bertz CT molecular complexity index is 1660.